The zero-order chi connectivity index (χ0) is 16.8. The van der Waals surface area contributed by atoms with E-state index >= 15 is 0 Å². The molecule has 0 radical (unpaired) electrons. The van der Waals surface area contributed by atoms with Crippen LogP contribution >= 0.6 is 0 Å². The van der Waals surface area contributed by atoms with Crippen LogP contribution in [0.1, 0.15) is 67.9 Å². The van der Waals surface area contributed by atoms with Gasteiger partial charge in [-0.15, -0.1) is 10.2 Å². The monoisotopic (exact) mass is 342 g/mol. The average Bonchev–Trinajstić information content (AvgIpc) is 3.57. The Balaban J connectivity index is 1.31. The topological polar surface area (TPSA) is 61.0 Å². The fourth-order valence-corrected chi connectivity index (χ4v) is 3.76. The van der Waals surface area contributed by atoms with E-state index in [1.807, 2.05) is 10.9 Å². The van der Waals surface area contributed by atoms with Gasteiger partial charge in [-0.3, -0.25) is 9.58 Å². The van der Waals surface area contributed by atoms with Crippen molar-refractivity contribution in [2.24, 2.45) is 0 Å². The molecule has 2 aromatic rings. The molecule has 3 fully saturated rings. The number of ether oxygens (including phenoxy) is 1. The molecule has 0 bridgehead atoms. The van der Waals surface area contributed by atoms with Crippen molar-refractivity contribution in [2.45, 2.75) is 63.8 Å². The number of hydrogen-bond acceptors (Lipinski definition) is 5. The van der Waals surface area contributed by atoms with Crippen molar-refractivity contribution in [1.29, 1.82) is 0 Å². The molecule has 1 aliphatic heterocycles. The third-order valence-corrected chi connectivity index (χ3v) is 5.51. The Kier molecular flexibility index (Phi) is 3.86. The van der Waals surface area contributed by atoms with Gasteiger partial charge in [0.15, 0.2) is 0 Å². The molecular formula is C18H26N6O. The van der Waals surface area contributed by atoms with Gasteiger partial charge >= 0.3 is 0 Å². The van der Waals surface area contributed by atoms with Crippen molar-refractivity contribution in [3.8, 4) is 0 Å². The molecule has 0 amide bonds. The molecule has 0 N–H and O–H groups in total. The van der Waals surface area contributed by atoms with E-state index in [1.165, 1.54) is 37.1 Å². The Labute approximate surface area is 148 Å². The summed E-state index contributed by atoms with van der Waals surface area (Å²) in [4.78, 5) is 2.46. The molecule has 3 aliphatic rings. The van der Waals surface area contributed by atoms with Crippen LogP contribution in [0.3, 0.4) is 0 Å². The quantitative estimate of drug-likeness (QED) is 0.806. The zero-order valence-electron chi connectivity index (χ0n) is 14.8. The van der Waals surface area contributed by atoms with Gasteiger partial charge in [0, 0.05) is 43.4 Å². The molecule has 25 heavy (non-hydrogen) atoms. The Morgan fingerprint density at radius 2 is 2.08 bits per heavy atom. The highest BCUT2D eigenvalue weighted by Crippen LogP contribution is 2.44. The summed E-state index contributed by atoms with van der Waals surface area (Å²) in [7, 11) is 0. The minimum absolute atomic E-state index is 0.106. The van der Waals surface area contributed by atoms with E-state index in [9.17, 15) is 0 Å². The maximum absolute atomic E-state index is 6.00. The first-order valence-electron chi connectivity index (χ1n) is 9.61. The van der Waals surface area contributed by atoms with Crippen molar-refractivity contribution in [3.05, 3.63) is 29.6 Å². The molecule has 2 aliphatic carbocycles. The van der Waals surface area contributed by atoms with E-state index in [1.54, 1.807) is 0 Å². The lowest BCUT2D eigenvalue weighted by molar-refractivity contribution is -0.0340. The molecule has 7 heteroatoms. The lowest BCUT2D eigenvalue weighted by Crippen LogP contribution is -2.38. The second-order valence-corrected chi connectivity index (χ2v) is 7.57. The number of rotatable bonds is 6. The number of hydrogen-bond donors (Lipinski definition) is 0. The summed E-state index contributed by atoms with van der Waals surface area (Å²) >= 11 is 0. The zero-order valence-corrected chi connectivity index (χ0v) is 14.8. The molecule has 2 aromatic heterocycles. The SMILES string of the molecule is CCn1cc(C2CN(Cc3nnc(C4CC4)n3C3CC3)CCO2)cn1. The van der Waals surface area contributed by atoms with Crippen molar-refractivity contribution in [3.63, 3.8) is 0 Å². The van der Waals surface area contributed by atoms with Gasteiger partial charge in [0.05, 0.1) is 25.5 Å². The van der Waals surface area contributed by atoms with Gasteiger partial charge in [-0.1, -0.05) is 0 Å². The first kappa shape index (κ1) is 15.5. The van der Waals surface area contributed by atoms with Crippen LogP contribution in [-0.4, -0.2) is 49.1 Å². The van der Waals surface area contributed by atoms with Gasteiger partial charge in [0.1, 0.15) is 11.6 Å². The summed E-state index contributed by atoms with van der Waals surface area (Å²) in [6.45, 7) is 6.48. The molecule has 1 saturated heterocycles. The molecule has 134 valence electrons. The third-order valence-electron chi connectivity index (χ3n) is 5.51. The van der Waals surface area contributed by atoms with E-state index in [4.69, 9.17) is 4.74 Å². The predicted octanol–water partition coefficient (Wildman–Crippen LogP) is 2.28. The van der Waals surface area contributed by atoms with Crippen molar-refractivity contribution in [1.82, 2.24) is 29.4 Å². The molecule has 1 unspecified atom stereocenters. The molecule has 2 saturated carbocycles. The van der Waals surface area contributed by atoms with Crippen LogP contribution in [0.5, 0.6) is 0 Å². The molecule has 7 nitrogen and oxygen atoms in total. The average molecular weight is 342 g/mol. The molecular weight excluding hydrogens is 316 g/mol. The van der Waals surface area contributed by atoms with E-state index in [-0.39, 0.29) is 6.10 Å². The van der Waals surface area contributed by atoms with Crippen LogP contribution in [0.15, 0.2) is 12.4 Å². The van der Waals surface area contributed by atoms with Crippen molar-refractivity contribution in [2.75, 3.05) is 19.7 Å². The highest BCUT2D eigenvalue weighted by atomic mass is 16.5. The third kappa shape index (κ3) is 3.11. The summed E-state index contributed by atoms with van der Waals surface area (Å²) < 4.78 is 10.4. The van der Waals surface area contributed by atoms with Gasteiger partial charge < -0.3 is 9.30 Å². The van der Waals surface area contributed by atoms with Crippen LogP contribution in [0, 0.1) is 0 Å². The van der Waals surface area contributed by atoms with E-state index in [0.717, 1.165) is 38.6 Å². The molecule has 0 spiro atoms. The summed E-state index contributed by atoms with van der Waals surface area (Å²) in [5.41, 5.74) is 1.17. The van der Waals surface area contributed by atoms with Gasteiger partial charge in [-0.2, -0.15) is 5.10 Å². The van der Waals surface area contributed by atoms with Crippen molar-refractivity contribution < 1.29 is 4.74 Å². The summed E-state index contributed by atoms with van der Waals surface area (Å²) in [6, 6.07) is 0.653. The highest BCUT2D eigenvalue weighted by molar-refractivity contribution is 5.13. The van der Waals surface area contributed by atoms with Crippen molar-refractivity contribution >= 4 is 0 Å². The highest BCUT2D eigenvalue weighted by Gasteiger charge is 2.36. The Morgan fingerprint density at radius 3 is 2.80 bits per heavy atom. The maximum Gasteiger partial charge on any atom is 0.147 e. The minimum Gasteiger partial charge on any atom is -0.371 e. The van der Waals surface area contributed by atoms with Crippen LogP contribution in [-0.2, 0) is 17.8 Å². The minimum atomic E-state index is 0.106. The van der Waals surface area contributed by atoms with E-state index in [0.29, 0.717) is 12.0 Å². The molecule has 0 aromatic carbocycles. The van der Waals surface area contributed by atoms with Crippen LogP contribution in [0.25, 0.3) is 0 Å². The molecule has 3 heterocycles. The largest absolute Gasteiger partial charge is 0.371 e. The van der Waals surface area contributed by atoms with Gasteiger partial charge in [-0.25, -0.2) is 0 Å². The van der Waals surface area contributed by atoms with E-state index in [2.05, 4.69) is 37.9 Å². The Hall–Kier alpha value is -1.73. The predicted molar refractivity (Wildman–Crippen MR) is 92.1 cm³/mol. The smallest absolute Gasteiger partial charge is 0.147 e. The number of aromatic nitrogens is 5. The lowest BCUT2D eigenvalue weighted by atomic mass is 10.1. The van der Waals surface area contributed by atoms with Crippen LogP contribution in [0.2, 0.25) is 0 Å². The lowest BCUT2D eigenvalue weighted by Gasteiger charge is -2.32. The maximum atomic E-state index is 6.00. The molecule has 1 atom stereocenters. The fourth-order valence-electron chi connectivity index (χ4n) is 3.76. The second-order valence-electron chi connectivity index (χ2n) is 7.57. The standard InChI is InChI=1S/C18H26N6O/c1-2-23-10-14(9-19-23)16-11-22(7-8-25-16)12-17-20-21-18(13-3-4-13)24(17)15-5-6-15/h9-10,13,15-16H,2-8,11-12H2,1H3. The van der Waals surface area contributed by atoms with Crippen LogP contribution in [0.4, 0.5) is 0 Å². The normalized spacial score (nSPS) is 24.8. The molecule has 5 rings (SSSR count). The first-order valence-corrected chi connectivity index (χ1v) is 9.61. The van der Waals surface area contributed by atoms with Crippen LogP contribution < -0.4 is 0 Å². The Morgan fingerprint density at radius 1 is 1.20 bits per heavy atom. The number of aryl methyl sites for hydroxylation is 1. The van der Waals surface area contributed by atoms with Gasteiger partial charge in [0.25, 0.3) is 0 Å². The number of nitrogens with zero attached hydrogens (tertiary/aromatic N) is 6. The number of morpholine rings is 1. The Bertz CT molecular complexity index is 745. The van der Waals surface area contributed by atoms with E-state index < -0.39 is 0 Å². The fraction of sp³-hybridized carbons (Fsp3) is 0.722. The summed E-state index contributed by atoms with van der Waals surface area (Å²) in [6.07, 6.45) is 9.29. The summed E-state index contributed by atoms with van der Waals surface area (Å²) in [5.74, 6) is 3.06. The summed E-state index contributed by atoms with van der Waals surface area (Å²) in [5, 5.41) is 13.5. The van der Waals surface area contributed by atoms with Gasteiger partial charge in [-0.05, 0) is 32.6 Å². The first-order chi connectivity index (χ1) is 12.3. The second kappa shape index (κ2) is 6.21. The van der Waals surface area contributed by atoms with Gasteiger partial charge in [0.2, 0.25) is 0 Å².